The van der Waals surface area contributed by atoms with Gasteiger partial charge in [-0.25, -0.2) is 0 Å². The normalized spacial score (nSPS) is 11.0. The number of methoxy groups -OCH3 is 2. The van der Waals surface area contributed by atoms with Gasteiger partial charge < -0.3 is 9.47 Å². The Bertz CT molecular complexity index is 75.8. The van der Waals surface area contributed by atoms with Crippen molar-refractivity contribution in [2.45, 2.75) is 0 Å². The van der Waals surface area contributed by atoms with E-state index in [4.69, 9.17) is 9.47 Å². The van der Waals surface area contributed by atoms with Crippen molar-refractivity contribution in [3.8, 4) is 0 Å². The predicted octanol–water partition coefficient (Wildman–Crippen LogP) is 0.731. The van der Waals surface area contributed by atoms with Gasteiger partial charge in [-0.05, 0) is 0 Å². The highest BCUT2D eigenvalue weighted by Crippen LogP contribution is 1.77. The Kier molecular flexibility index (Phi) is 8.11. The fourth-order valence-electron chi connectivity index (χ4n) is 0.406. The Morgan fingerprint density at radius 2 is 1.30 bits per heavy atom. The van der Waals surface area contributed by atoms with Gasteiger partial charge in [-0.3, -0.25) is 0 Å². The minimum Gasteiger partial charge on any atom is -0.383 e. The molecule has 4 nitrogen and oxygen atoms in total. The second kappa shape index (κ2) is 8.52. The maximum absolute atomic E-state index is 4.76. The standard InChI is InChI=1S/C6H14N2O2/c1-9-5-3-7-8-4-6-10-2/h3-6H2,1-2H3/b8-7+. The summed E-state index contributed by atoms with van der Waals surface area (Å²) in [6.07, 6.45) is 0. The summed E-state index contributed by atoms with van der Waals surface area (Å²) in [7, 11) is 3.29. The monoisotopic (exact) mass is 146 g/mol. The Balaban J connectivity index is 2.89. The Morgan fingerprint density at radius 1 is 0.900 bits per heavy atom. The minimum absolute atomic E-state index is 0.635. The van der Waals surface area contributed by atoms with E-state index in [0.29, 0.717) is 26.3 Å². The fraction of sp³-hybridized carbons (Fsp3) is 1.00. The van der Waals surface area contributed by atoms with Crippen LogP contribution in [-0.4, -0.2) is 40.5 Å². The quantitative estimate of drug-likeness (QED) is 0.409. The van der Waals surface area contributed by atoms with Crippen molar-refractivity contribution >= 4 is 0 Å². The lowest BCUT2D eigenvalue weighted by Crippen LogP contribution is -1.94. The molecule has 0 amide bonds. The molecule has 0 saturated heterocycles. The number of hydrogen-bond acceptors (Lipinski definition) is 4. The molecule has 0 saturated carbocycles. The largest absolute Gasteiger partial charge is 0.383 e. The number of hydrogen-bond donors (Lipinski definition) is 0. The number of nitrogens with zero attached hydrogens (tertiary/aromatic N) is 2. The molecule has 0 bridgehead atoms. The fourth-order valence-corrected chi connectivity index (χ4v) is 0.406. The van der Waals surface area contributed by atoms with Crippen LogP contribution in [0.2, 0.25) is 0 Å². The van der Waals surface area contributed by atoms with E-state index in [0.717, 1.165) is 0 Å². The van der Waals surface area contributed by atoms with Gasteiger partial charge in [0, 0.05) is 14.2 Å². The molecule has 0 fully saturated rings. The molecular weight excluding hydrogens is 132 g/mol. The van der Waals surface area contributed by atoms with E-state index in [1.54, 1.807) is 14.2 Å². The highest BCUT2D eigenvalue weighted by atomic mass is 16.5. The Hall–Kier alpha value is -0.480. The molecule has 0 aliphatic rings. The highest BCUT2D eigenvalue weighted by molar-refractivity contribution is 4.37. The van der Waals surface area contributed by atoms with E-state index in [2.05, 4.69) is 10.2 Å². The molecular formula is C6H14N2O2. The third kappa shape index (κ3) is 7.52. The molecule has 0 heterocycles. The maximum Gasteiger partial charge on any atom is 0.0832 e. The van der Waals surface area contributed by atoms with Crippen LogP contribution < -0.4 is 0 Å². The predicted molar refractivity (Wildman–Crippen MR) is 38.3 cm³/mol. The van der Waals surface area contributed by atoms with E-state index in [9.17, 15) is 0 Å². The third-order valence-corrected chi connectivity index (χ3v) is 0.891. The first-order valence-corrected chi connectivity index (χ1v) is 3.23. The molecule has 0 radical (unpaired) electrons. The van der Waals surface area contributed by atoms with Crippen molar-refractivity contribution in [3.63, 3.8) is 0 Å². The van der Waals surface area contributed by atoms with Gasteiger partial charge in [0.05, 0.1) is 26.3 Å². The summed E-state index contributed by atoms with van der Waals surface area (Å²) in [5.74, 6) is 0. The van der Waals surface area contributed by atoms with Gasteiger partial charge in [0.25, 0.3) is 0 Å². The molecule has 0 atom stereocenters. The van der Waals surface area contributed by atoms with E-state index in [-0.39, 0.29) is 0 Å². The highest BCUT2D eigenvalue weighted by Gasteiger charge is 1.79. The summed E-state index contributed by atoms with van der Waals surface area (Å²) in [5.41, 5.74) is 0. The van der Waals surface area contributed by atoms with Crippen molar-refractivity contribution in [2.75, 3.05) is 40.5 Å². The van der Waals surface area contributed by atoms with Gasteiger partial charge in [-0.15, -0.1) is 0 Å². The molecule has 0 unspecified atom stereocenters. The smallest absolute Gasteiger partial charge is 0.0832 e. The summed E-state index contributed by atoms with van der Waals surface area (Å²) in [6.45, 7) is 2.55. The number of azo groups is 1. The van der Waals surface area contributed by atoms with Crippen LogP contribution in [0.1, 0.15) is 0 Å². The average molecular weight is 146 g/mol. The van der Waals surface area contributed by atoms with Crippen LogP contribution in [0.25, 0.3) is 0 Å². The molecule has 4 heteroatoms. The molecule has 0 aliphatic carbocycles. The summed E-state index contributed by atoms with van der Waals surface area (Å²) in [4.78, 5) is 0. The molecule has 0 aromatic rings. The molecule has 60 valence electrons. The minimum atomic E-state index is 0.635. The van der Waals surface area contributed by atoms with Crippen molar-refractivity contribution in [3.05, 3.63) is 0 Å². The van der Waals surface area contributed by atoms with Crippen LogP contribution in [0.4, 0.5) is 0 Å². The van der Waals surface area contributed by atoms with Gasteiger partial charge in [-0.2, -0.15) is 10.2 Å². The molecule has 0 aromatic carbocycles. The van der Waals surface area contributed by atoms with Crippen LogP contribution in [0.15, 0.2) is 10.2 Å². The molecule has 10 heavy (non-hydrogen) atoms. The maximum atomic E-state index is 4.76. The first-order chi connectivity index (χ1) is 4.91. The second-order valence-electron chi connectivity index (χ2n) is 1.72. The van der Waals surface area contributed by atoms with Gasteiger partial charge in [0.2, 0.25) is 0 Å². The number of ether oxygens (including phenoxy) is 2. The van der Waals surface area contributed by atoms with Crippen LogP contribution in [0, 0.1) is 0 Å². The zero-order chi connectivity index (χ0) is 7.66. The summed E-state index contributed by atoms with van der Waals surface area (Å²) in [5, 5.41) is 7.64. The van der Waals surface area contributed by atoms with E-state index in [1.807, 2.05) is 0 Å². The first kappa shape index (κ1) is 9.52. The zero-order valence-electron chi connectivity index (χ0n) is 6.54. The molecule has 0 spiro atoms. The summed E-state index contributed by atoms with van der Waals surface area (Å²) in [6, 6.07) is 0. The van der Waals surface area contributed by atoms with Crippen molar-refractivity contribution in [1.29, 1.82) is 0 Å². The number of rotatable bonds is 6. The zero-order valence-corrected chi connectivity index (χ0v) is 6.54. The molecule has 0 aromatic heterocycles. The topological polar surface area (TPSA) is 43.2 Å². The van der Waals surface area contributed by atoms with Crippen LogP contribution in [0.5, 0.6) is 0 Å². The van der Waals surface area contributed by atoms with E-state index < -0.39 is 0 Å². The molecule has 0 rings (SSSR count). The lowest BCUT2D eigenvalue weighted by molar-refractivity contribution is 0.200. The van der Waals surface area contributed by atoms with Gasteiger partial charge in [0.15, 0.2) is 0 Å². The summed E-state index contributed by atoms with van der Waals surface area (Å²) < 4.78 is 9.53. The Morgan fingerprint density at radius 3 is 1.60 bits per heavy atom. The third-order valence-electron chi connectivity index (χ3n) is 0.891. The first-order valence-electron chi connectivity index (χ1n) is 3.23. The van der Waals surface area contributed by atoms with Gasteiger partial charge in [-0.1, -0.05) is 0 Å². The van der Waals surface area contributed by atoms with Gasteiger partial charge in [0.1, 0.15) is 0 Å². The SMILES string of the molecule is COCC/N=N/CCOC. The molecule has 0 N–H and O–H groups in total. The van der Waals surface area contributed by atoms with Crippen LogP contribution in [-0.2, 0) is 9.47 Å². The van der Waals surface area contributed by atoms with Crippen molar-refractivity contribution < 1.29 is 9.47 Å². The van der Waals surface area contributed by atoms with Crippen LogP contribution in [0.3, 0.4) is 0 Å². The van der Waals surface area contributed by atoms with Crippen molar-refractivity contribution in [2.24, 2.45) is 10.2 Å². The van der Waals surface area contributed by atoms with Crippen molar-refractivity contribution in [1.82, 2.24) is 0 Å². The summed E-state index contributed by atoms with van der Waals surface area (Å²) >= 11 is 0. The average Bonchev–Trinajstić information content (AvgIpc) is 1.97. The van der Waals surface area contributed by atoms with E-state index in [1.165, 1.54) is 0 Å². The Labute approximate surface area is 61.2 Å². The van der Waals surface area contributed by atoms with Crippen LogP contribution >= 0.6 is 0 Å². The lowest BCUT2D eigenvalue weighted by Gasteiger charge is -1.91. The van der Waals surface area contributed by atoms with Gasteiger partial charge >= 0.3 is 0 Å². The van der Waals surface area contributed by atoms with E-state index >= 15 is 0 Å². The lowest BCUT2D eigenvalue weighted by atomic mass is 10.7. The molecule has 0 aliphatic heterocycles. The second-order valence-corrected chi connectivity index (χ2v) is 1.72.